The van der Waals surface area contributed by atoms with Crippen molar-refractivity contribution in [1.29, 1.82) is 0 Å². The van der Waals surface area contributed by atoms with Gasteiger partial charge in [0.25, 0.3) is 0 Å². The fraction of sp³-hybridized carbons (Fsp3) is 0.875. The molecule has 0 aliphatic carbocycles. The van der Waals surface area contributed by atoms with Gasteiger partial charge in [0.1, 0.15) is 0 Å². The quantitative estimate of drug-likeness (QED) is 0.584. The fourth-order valence-corrected chi connectivity index (χ4v) is 0.701. The van der Waals surface area contributed by atoms with E-state index in [1.807, 2.05) is 0 Å². The van der Waals surface area contributed by atoms with E-state index < -0.39 is 5.97 Å². The lowest BCUT2D eigenvalue weighted by Crippen LogP contribution is -2.29. The molecular weight excluding hydrogens is 128 g/mol. The summed E-state index contributed by atoms with van der Waals surface area (Å²) in [5.74, 6) is -0.634. The van der Waals surface area contributed by atoms with Crippen LogP contribution in [0, 0.1) is 11.8 Å². The van der Waals surface area contributed by atoms with Gasteiger partial charge in [-0.3, -0.25) is 0 Å². The van der Waals surface area contributed by atoms with Crippen LogP contribution in [-0.4, -0.2) is 5.97 Å². The Hall–Kier alpha value is -0.530. The van der Waals surface area contributed by atoms with Gasteiger partial charge in [-0.25, -0.2) is 0 Å². The minimum atomic E-state index is -0.930. The Morgan fingerprint density at radius 1 is 1.30 bits per heavy atom. The molecule has 10 heavy (non-hydrogen) atoms. The van der Waals surface area contributed by atoms with E-state index in [1.165, 1.54) is 0 Å². The highest BCUT2D eigenvalue weighted by molar-refractivity contribution is 5.66. The van der Waals surface area contributed by atoms with Gasteiger partial charge in [-0.15, -0.1) is 0 Å². The van der Waals surface area contributed by atoms with Gasteiger partial charge >= 0.3 is 0 Å². The molecule has 0 aromatic rings. The molecule has 0 aliphatic heterocycles. The van der Waals surface area contributed by atoms with Gasteiger partial charge in [-0.05, 0) is 18.3 Å². The first-order chi connectivity index (χ1) is 4.54. The second kappa shape index (κ2) is 4.31. The van der Waals surface area contributed by atoms with Crippen LogP contribution < -0.4 is 5.11 Å². The second-order valence-electron chi connectivity index (χ2n) is 3.19. The molecule has 0 saturated heterocycles. The number of carbonyl (C=O) groups excluding carboxylic acids is 1. The Bertz CT molecular complexity index is 108. The molecule has 2 nitrogen and oxygen atoms in total. The van der Waals surface area contributed by atoms with E-state index in [1.54, 1.807) is 6.92 Å². The Kier molecular flexibility index (Phi) is 4.08. The van der Waals surface area contributed by atoms with E-state index in [-0.39, 0.29) is 5.92 Å². The highest BCUT2D eigenvalue weighted by atomic mass is 16.4. The molecule has 0 rings (SSSR count). The van der Waals surface area contributed by atoms with Crippen molar-refractivity contribution in [2.75, 3.05) is 0 Å². The molecule has 0 bridgehead atoms. The Morgan fingerprint density at radius 3 is 2.10 bits per heavy atom. The number of carbonyl (C=O) groups is 1. The molecular formula is C8H15O2-. The molecule has 0 fully saturated rings. The minimum Gasteiger partial charge on any atom is -0.550 e. The van der Waals surface area contributed by atoms with Crippen molar-refractivity contribution in [3.8, 4) is 0 Å². The Balaban J connectivity index is 3.40. The van der Waals surface area contributed by atoms with E-state index in [0.29, 0.717) is 5.92 Å². The summed E-state index contributed by atoms with van der Waals surface area (Å²) in [6.07, 6.45) is 1.70. The van der Waals surface area contributed by atoms with Crippen LogP contribution in [0.25, 0.3) is 0 Å². The molecule has 0 heterocycles. The van der Waals surface area contributed by atoms with Crippen molar-refractivity contribution in [2.24, 2.45) is 11.8 Å². The normalized spacial score (nSPS) is 13.6. The predicted molar refractivity (Wildman–Crippen MR) is 38.2 cm³/mol. The van der Waals surface area contributed by atoms with Crippen LogP contribution in [0.1, 0.15) is 33.6 Å². The molecule has 1 atom stereocenters. The molecule has 2 heteroatoms. The maximum Gasteiger partial charge on any atom is 0.0442 e. The van der Waals surface area contributed by atoms with E-state index in [0.717, 1.165) is 12.8 Å². The summed E-state index contributed by atoms with van der Waals surface area (Å²) in [5, 5.41) is 10.2. The Morgan fingerprint density at radius 2 is 1.80 bits per heavy atom. The summed E-state index contributed by atoms with van der Waals surface area (Å²) in [6.45, 7) is 5.86. The average Bonchev–Trinajstić information content (AvgIpc) is 1.82. The SMILES string of the molecule is CC(C)CCC(C)C(=O)[O-]. The summed E-state index contributed by atoms with van der Waals surface area (Å²) < 4.78 is 0. The summed E-state index contributed by atoms with van der Waals surface area (Å²) in [7, 11) is 0. The van der Waals surface area contributed by atoms with Crippen LogP contribution in [0.15, 0.2) is 0 Å². The predicted octanol–water partition coefficient (Wildman–Crippen LogP) is 0.809. The monoisotopic (exact) mass is 143 g/mol. The number of hydrogen-bond acceptors (Lipinski definition) is 2. The maximum absolute atomic E-state index is 10.2. The molecule has 0 aliphatic rings. The van der Waals surface area contributed by atoms with Gasteiger partial charge in [0.15, 0.2) is 0 Å². The number of carboxylic acids is 1. The van der Waals surface area contributed by atoms with Crippen molar-refractivity contribution in [1.82, 2.24) is 0 Å². The number of rotatable bonds is 4. The molecule has 0 aromatic carbocycles. The first-order valence-corrected chi connectivity index (χ1v) is 3.75. The lowest BCUT2D eigenvalue weighted by Gasteiger charge is -2.12. The van der Waals surface area contributed by atoms with Crippen molar-refractivity contribution in [2.45, 2.75) is 33.6 Å². The lowest BCUT2D eigenvalue weighted by atomic mass is 10.00. The van der Waals surface area contributed by atoms with Gasteiger partial charge in [0.05, 0.1) is 0 Å². The molecule has 0 saturated carbocycles. The molecule has 0 aromatic heterocycles. The third kappa shape index (κ3) is 4.36. The van der Waals surface area contributed by atoms with Crippen molar-refractivity contribution in [3.63, 3.8) is 0 Å². The van der Waals surface area contributed by atoms with Crippen LogP contribution in [0.4, 0.5) is 0 Å². The van der Waals surface area contributed by atoms with Gasteiger partial charge in [0, 0.05) is 5.97 Å². The van der Waals surface area contributed by atoms with Crippen molar-refractivity contribution < 1.29 is 9.90 Å². The van der Waals surface area contributed by atoms with Crippen molar-refractivity contribution in [3.05, 3.63) is 0 Å². The summed E-state index contributed by atoms with van der Waals surface area (Å²) in [4.78, 5) is 10.2. The lowest BCUT2D eigenvalue weighted by molar-refractivity contribution is -0.311. The summed E-state index contributed by atoms with van der Waals surface area (Å²) in [6, 6.07) is 0. The fourth-order valence-electron chi connectivity index (χ4n) is 0.701. The number of aliphatic carboxylic acids is 1. The van der Waals surface area contributed by atoms with Crippen LogP contribution >= 0.6 is 0 Å². The zero-order valence-electron chi connectivity index (χ0n) is 6.89. The molecule has 60 valence electrons. The number of carboxylic acid groups (broad SMARTS) is 1. The van der Waals surface area contributed by atoms with E-state index in [2.05, 4.69) is 13.8 Å². The zero-order chi connectivity index (χ0) is 8.15. The Labute approximate surface area is 62.2 Å². The molecule has 0 N–H and O–H groups in total. The zero-order valence-corrected chi connectivity index (χ0v) is 6.89. The average molecular weight is 143 g/mol. The second-order valence-corrected chi connectivity index (χ2v) is 3.19. The minimum absolute atomic E-state index is 0.289. The van der Waals surface area contributed by atoms with E-state index in [4.69, 9.17) is 0 Å². The van der Waals surface area contributed by atoms with Crippen LogP contribution in [0.3, 0.4) is 0 Å². The van der Waals surface area contributed by atoms with E-state index >= 15 is 0 Å². The first kappa shape index (κ1) is 9.47. The van der Waals surface area contributed by atoms with Crippen LogP contribution in [0.5, 0.6) is 0 Å². The smallest absolute Gasteiger partial charge is 0.0442 e. The van der Waals surface area contributed by atoms with Crippen molar-refractivity contribution >= 4 is 5.97 Å². The molecule has 1 unspecified atom stereocenters. The standard InChI is InChI=1S/C8H16O2/c1-6(2)4-5-7(3)8(9)10/h6-7H,4-5H2,1-3H3,(H,9,10)/p-1. The van der Waals surface area contributed by atoms with Crippen LogP contribution in [-0.2, 0) is 4.79 Å². The third-order valence-electron chi connectivity index (χ3n) is 1.58. The molecule has 0 spiro atoms. The largest absolute Gasteiger partial charge is 0.550 e. The number of hydrogen-bond donors (Lipinski definition) is 0. The maximum atomic E-state index is 10.2. The molecule has 0 amide bonds. The topological polar surface area (TPSA) is 40.1 Å². The highest BCUT2D eigenvalue weighted by Gasteiger charge is 2.03. The van der Waals surface area contributed by atoms with Gasteiger partial charge in [-0.1, -0.05) is 27.2 Å². The third-order valence-corrected chi connectivity index (χ3v) is 1.58. The van der Waals surface area contributed by atoms with Crippen LogP contribution in [0.2, 0.25) is 0 Å². The van der Waals surface area contributed by atoms with E-state index in [9.17, 15) is 9.90 Å². The van der Waals surface area contributed by atoms with Gasteiger partial charge in [-0.2, -0.15) is 0 Å². The highest BCUT2D eigenvalue weighted by Crippen LogP contribution is 2.10. The first-order valence-electron chi connectivity index (χ1n) is 3.75. The summed E-state index contributed by atoms with van der Waals surface area (Å²) >= 11 is 0. The molecule has 0 radical (unpaired) electrons. The van der Waals surface area contributed by atoms with Gasteiger partial charge in [0.2, 0.25) is 0 Å². The summed E-state index contributed by atoms with van der Waals surface area (Å²) in [5.41, 5.74) is 0. The van der Waals surface area contributed by atoms with Gasteiger partial charge < -0.3 is 9.90 Å².